The van der Waals surface area contributed by atoms with E-state index in [1.165, 1.54) is 37.9 Å². The van der Waals surface area contributed by atoms with Crippen molar-refractivity contribution >= 4 is 0 Å². The molecule has 0 aromatic carbocycles. The normalized spacial score (nSPS) is 20.6. The predicted molar refractivity (Wildman–Crippen MR) is 95.1 cm³/mol. The molecule has 0 radical (unpaired) electrons. The van der Waals surface area contributed by atoms with Crippen molar-refractivity contribution in [3.05, 3.63) is 48.9 Å². The average molecular weight is 301 g/mol. The lowest BCUT2D eigenvalue weighted by Gasteiger charge is -2.35. The summed E-state index contributed by atoms with van der Waals surface area (Å²) < 4.78 is 0. The summed E-state index contributed by atoms with van der Waals surface area (Å²) in [5, 5.41) is 2.01. The van der Waals surface area contributed by atoms with Crippen LogP contribution in [-0.2, 0) is 0 Å². The highest BCUT2D eigenvalue weighted by Crippen LogP contribution is 2.27. The Balaban J connectivity index is 1.78. The Bertz CT molecular complexity index is 440. The summed E-state index contributed by atoms with van der Waals surface area (Å²) in [6.07, 6.45) is 13.2. The summed E-state index contributed by atoms with van der Waals surface area (Å²) >= 11 is 0. The topological polar surface area (TPSA) is 18.5 Å². The number of hydrazine groups is 1. The Morgan fingerprint density at radius 3 is 2.68 bits per heavy atom. The lowest BCUT2D eigenvalue weighted by Crippen LogP contribution is -2.38. The van der Waals surface area contributed by atoms with Crippen LogP contribution in [0.4, 0.5) is 0 Å². The van der Waals surface area contributed by atoms with Gasteiger partial charge in [0.2, 0.25) is 0 Å². The van der Waals surface area contributed by atoms with E-state index in [4.69, 9.17) is 0 Å². The molecular weight excluding hydrogens is 270 g/mol. The summed E-state index contributed by atoms with van der Waals surface area (Å²) in [6.45, 7) is 15.9. The van der Waals surface area contributed by atoms with Gasteiger partial charge in [0.25, 0.3) is 0 Å². The van der Waals surface area contributed by atoms with Gasteiger partial charge in [-0.2, -0.15) is 0 Å². The van der Waals surface area contributed by atoms with E-state index in [9.17, 15) is 0 Å². The van der Waals surface area contributed by atoms with Gasteiger partial charge in [0.1, 0.15) is 0 Å². The van der Waals surface area contributed by atoms with Gasteiger partial charge < -0.3 is 4.90 Å². The molecule has 22 heavy (non-hydrogen) atoms. The van der Waals surface area contributed by atoms with Crippen LogP contribution in [0.15, 0.2) is 48.9 Å². The number of likely N-dealkylation sites (tertiary alicyclic amines) is 1. The van der Waals surface area contributed by atoms with E-state index in [0.717, 1.165) is 24.6 Å². The van der Waals surface area contributed by atoms with Crippen LogP contribution >= 0.6 is 0 Å². The summed E-state index contributed by atoms with van der Waals surface area (Å²) in [5.41, 5.74) is 5.78. The number of allylic oxidation sites excluding steroid dienone is 3. The average Bonchev–Trinajstić information content (AvgIpc) is 2.50. The summed E-state index contributed by atoms with van der Waals surface area (Å²) in [7, 11) is 0. The molecule has 2 aliphatic heterocycles. The molecule has 1 N–H and O–H groups in total. The minimum Gasteiger partial charge on any atom is -0.301 e. The maximum atomic E-state index is 4.15. The molecule has 0 unspecified atom stereocenters. The molecule has 0 atom stereocenters. The van der Waals surface area contributed by atoms with Crippen LogP contribution < -0.4 is 5.43 Å². The molecule has 0 amide bonds. The molecule has 3 heteroatoms. The van der Waals surface area contributed by atoms with Gasteiger partial charge in [-0.15, -0.1) is 6.58 Å². The molecule has 0 aromatic heterocycles. The third-order valence-electron chi connectivity index (χ3n) is 4.63. The van der Waals surface area contributed by atoms with Gasteiger partial charge in [-0.1, -0.05) is 12.7 Å². The molecule has 2 rings (SSSR count). The number of hydrogen-bond donors (Lipinski definition) is 1. The Hall–Kier alpha value is -1.32. The quantitative estimate of drug-likeness (QED) is 0.569. The third kappa shape index (κ3) is 4.85. The maximum absolute atomic E-state index is 4.15. The monoisotopic (exact) mass is 301 g/mol. The van der Waals surface area contributed by atoms with E-state index in [1.54, 1.807) is 0 Å². The third-order valence-corrected chi connectivity index (χ3v) is 4.63. The number of nitrogens with zero attached hydrogens (tertiary/aromatic N) is 2. The number of hydrogen-bond acceptors (Lipinski definition) is 3. The van der Waals surface area contributed by atoms with Crippen LogP contribution in [0.5, 0.6) is 0 Å². The van der Waals surface area contributed by atoms with Gasteiger partial charge in [0, 0.05) is 18.8 Å². The van der Waals surface area contributed by atoms with Gasteiger partial charge >= 0.3 is 0 Å². The van der Waals surface area contributed by atoms with E-state index >= 15 is 0 Å². The Labute approximate surface area is 136 Å². The van der Waals surface area contributed by atoms with Gasteiger partial charge in [0.05, 0.1) is 5.70 Å². The van der Waals surface area contributed by atoms with Crippen molar-refractivity contribution < 1.29 is 0 Å². The number of piperidine rings is 1. The summed E-state index contributed by atoms with van der Waals surface area (Å²) in [6, 6.07) is 0.685. The van der Waals surface area contributed by atoms with Crippen molar-refractivity contribution in [3.8, 4) is 0 Å². The van der Waals surface area contributed by atoms with E-state index in [-0.39, 0.29) is 0 Å². The molecular formula is C19H31N3. The largest absolute Gasteiger partial charge is 0.301 e. The maximum Gasteiger partial charge on any atom is 0.0501 e. The smallest absolute Gasteiger partial charge is 0.0501 e. The van der Waals surface area contributed by atoms with Crippen LogP contribution in [0, 0.1) is 5.92 Å². The van der Waals surface area contributed by atoms with Crippen molar-refractivity contribution in [2.45, 2.75) is 45.6 Å². The summed E-state index contributed by atoms with van der Waals surface area (Å²) in [5.74, 6) is 0.818. The number of rotatable bonds is 7. The van der Waals surface area contributed by atoms with Crippen molar-refractivity contribution in [2.24, 2.45) is 5.92 Å². The van der Waals surface area contributed by atoms with E-state index in [0.29, 0.717) is 6.04 Å². The molecule has 0 saturated carbocycles. The highest BCUT2D eigenvalue weighted by atomic mass is 15.5. The van der Waals surface area contributed by atoms with E-state index in [1.807, 2.05) is 11.1 Å². The van der Waals surface area contributed by atoms with Crippen LogP contribution in [-0.4, -0.2) is 35.6 Å². The molecule has 0 aromatic rings. The highest BCUT2D eigenvalue weighted by Gasteiger charge is 2.21. The molecule has 0 bridgehead atoms. The lowest BCUT2D eigenvalue weighted by molar-refractivity contribution is 0.149. The molecule has 122 valence electrons. The van der Waals surface area contributed by atoms with Crippen LogP contribution in [0.2, 0.25) is 0 Å². The zero-order chi connectivity index (χ0) is 15.9. The zero-order valence-corrected chi connectivity index (χ0v) is 14.2. The molecule has 2 heterocycles. The van der Waals surface area contributed by atoms with Crippen LogP contribution in [0.3, 0.4) is 0 Å². The highest BCUT2D eigenvalue weighted by molar-refractivity contribution is 5.33. The molecule has 1 fully saturated rings. The van der Waals surface area contributed by atoms with E-state index in [2.05, 4.69) is 55.7 Å². The van der Waals surface area contributed by atoms with Gasteiger partial charge in [-0.3, -0.25) is 5.01 Å². The molecule has 0 spiro atoms. The second-order valence-electron chi connectivity index (χ2n) is 6.66. The Morgan fingerprint density at radius 1 is 1.36 bits per heavy atom. The van der Waals surface area contributed by atoms with Gasteiger partial charge in [-0.05, 0) is 76.3 Å². The second-order valence-corrected chi connectivity index (χ2v) is 6.66. The van der Waals surface area contributed by atoms with Crippen LogP contribution in [0.25, 0.3) is 0 Å². The van der Waals surface area contributed by atoms with Crippen LogP contribution in [0.1, 0.15) is 39.5 Å². The van der Waals surface area contributed by atoms with Gasteiger partial charge in [0.15, 0.2) is 0 Å². The molecule has 1 saturated heterocycles. The Kier molecular flexibility index (Phi) is 6.47. The minimum atomic E-state index is 0.685. The van der Waals surface area contributed by atoms with Crippen molar-refractivity contribution in [1.29, 1.82) is 0 Å². The second kappa shape index (κ2) is 8.35. The first-order valence-electron chi connectivity index (χ1n) is 8.55. The van der Waals surface area contributed by atoms with Crippen molar-refractivity contribution in [2.75, 3.05) is 19.6 Å². The van der Waals surface area contributed by atoms with Gasteiger partial charge in [-0.25, -0.2) is 5.43 Å². The first-order chi connectivity index (χ1) is 10.6. The fourth-order valence-corrected chi connectivity index (χ4v) is 3.17. The SMILES string of the molecule is C=CCCNN1C=CC(CC2CCN(C(C)C)CC2)=CC1=C. The van der Waals surface area contributed by atoms with E-state index < -0.39 is 0 Å². The molecule has 2 aliphatic rings. The predicted octanol–water partition coefficient (Wildman–Crippen LogP) is 3.85. The summed E-state index contributed by atoms with van der Waals surface area (Å²) in [4.78, 5) is 2.59. The van der Waals surface area contributed by atoms with Crippen molar-refractivity contribution in [3.63, 3.8) is 0 Å². The van der Waals surface area contributed by atoms with Crippen molar-refractivity contribution in [1.82, 2.24) is 15.3 Å². The lowest BCUT2D eigenvalue weighted by atomic mass is 9.89. The minimum absolute atomic E-state index is 0.685. The standard InChI is InChI=1S/C19H31N3/c1-5-6-10-20-22-13-9-19(14-17(22)4)15-18-7-11-21(12-8-18)16(2)3/h5,9,13-14,16,18,20H,1,4,6-8,10-12,15H2,2-3H3. The number of nitrogens with one attached hydrogen (secondary N) is 1. The molecule has 3 nitrogen and oxygen atoms in total. The molecule has 0 aliphatic carbocycles. The fourth-order valence-electron chi connectivity index (χ4n) is 3.17. The zero-order valence-electron chi connectivity index (χ0n) is 14.2. The fraction of sp³-hybridized carbons (Fsp3) is 0.579. The first-order valence-corrected chi connectivity index (χ1v) is 8.55. The first kappa shape index (κ1) is 17.0. The Morgan fingerprint density at radius 2 is 2.09 bits per heavy atom.